The number of aliphatic hydroxyl groups excluding tert-OH is 1. The molecular weight excluding hydrogens is 415 g/mol. The Morgan fingerprint density at radius 1 is 1.25 bits per heavy atom. The van der Waals surface area contributed by atoms with Crippen LogP contribution in [0.3, 0.4) is 0 Å². The summed E-state index contributed by atoms with van der Waals surface area (Å²) < 4.78 is 14.5. The smallest absolute Gasteiger partial charge is 0.267 e. The van der Waals surface area contributed by atoms with Crippen molar-refractivity contribution >= 4 is 16.9 Å². The molecule has 1 aromatic carbocycles. The normalized spacial score (nSPS) is 11.7. The standard InChI is InChI=1S/C23H27FN4O4/c1-23(2,13-29)12-27-21(31)18-20(30)19-17(28(8-7-25)22(18)32)10-15(11-26-19)9-14-3-5-16(24)6-4-14/h3-6,10-11,29-30H,7-9,12-13,25H2,1-2H3,(H,27,31). The van der Waals surface area contributed by atoms with Crippen molar-refractivity contribution in [3.05, 3.63) is 69.4 Å². The molecule has 5 N–H and O–H groups in total. The van der Waals surface area contributed by atoms with E-state index in [0.717, 1.165) is 11.1 Å². The van der Waals surface area contributed by atoms with Gasteiger partial charge in [-0.3, -0.25) is 14.6 Å². The Labute approximate surface area is 184 Å². The maximum absolute atomic E-state index is 13.2. The highest BCUT2D eigenvalue weighted by atomic mass is 19.1. The molecular formula is C23H27FN4O4. The topological polar surface area (TPSA) is 130 Å². The molecule has 2 heterocycles. The summed E-state index contributed by atoms with van der Waals surface area (Å²) in [6, 6.07) is 7.75. The zero-order valence-electron chi connectivity index (χ0n) is 18.1. The van der Waals surface area contributed by atoms with Gasteiger partial charge in [0.05, 0.1) is 5.52 Å². The molecule has 32 heavy (non-hydrogen) atoms. The summed E-state index contributed by atoms with van der Waals surface area (Å²) in [6.07, 6.45) is 1.98. The lowest BCUT2D eigenvalue weighted by Gasteiger charge is -2.22. The number of carbonyl (C=O) groups is 1. The first kappa shape index (κ1) is 23.4. The van der Waals surface area contributed by atoms with Gasteiger partial charge in [0, 0.05) is 37.9 Å². The molecule has 9 heteroatoms. The molecule has 0 aliphatic rings. The van der Waals surface area contributed by atoms with Crippen molar-refractivity contribution in [3.8, 4) is 5.75 Å². The monoisotopic (exact) mass is 442 g/mol. The van der Waals surface area contributed by atoms with Crippen LogP contribution in [0.1, 0.15) is 35.3 Å². The lowest BCUT2D eigenvalue weighted by atomic mass is 9.95. The van der Waals surface area contributed by atoms with Gasteiger partial charge >= 0.3 is 0 Å². The van der Waals surface area contributed by atoms with Crippen LogP contribution in [0.4, 0.5) is 4.39 Å². The maximum atomic E-state index is 13.2. The summed E-state index contributed by atoms with van der Waals surface area (Å²) in [5.41, 5.74) is 6.05. The van der Waals surface area contributed by atoms with Crippen molar-refractivity contribution in [2.45, 2.75) is 26.8 Å². The Kier molecular flexibility index (Phi) is 6.90. The molecule has 1 amide bonds. The van der Waals surface area contributed by atoms with Crippen LogP contribution in [0.15, 0.2) is 41.3 Å². The molecule has 0 spiro atoms. The van der Waals surface area contributed by atoms with Crippen molar-refractivity contribution in [1.29, 1.82) is 0 Å². The molecule has 3 rings (SSSR count). The fourth-order valence-corrected chi connectivity index (χ4v) is 3.30. The Morgan fingerprint density at radius 2 is 1.94 bits per heavy atom. The van der Waals surface area contributed by atoms with Crippen LogP contribution in [-0.2, 0) is 13.0 Å². The third kappa shape index (κ3) is 4.95. The summed E-state index contributed by atoms with van der Waals surface area (Å²) in [5, 5.41) is 22.7. The van der Waals surface area contributed by atoms with E-state index < -0.39 is 28.2 Å². The van der Waals surface area contributed by atoms with Crippen molar-refractivity contribution in [1.82, 2.24) is 14.9 Å². The van der Waals surface area contributed by atoms with E-state index in [9.17, 15) is 24.2 Å². The van der Waals surface area contributed by atoms with E-state index in [1.54, 1.807) is 38.2 Å². The number of benzene rings is 1. The van der Waals surface area contributed by atoms with E-state index >= 15 is 0 Å². The number of rotatable bonds is 8. The van der Waals surface area contributed by atoms with Crippen molar-refractivity contribution in [3.63, 3.8) is 0 Å². The fraction of sp³-hybridized carbons (Fsp3) is 0.348. The molecule has 8 nitrogen and oxygen atoms in total. The van der Waals surface area contributed by atoms with Crippen LogP contribution in [0.25, 0.3) is 11.0 Å². The predicted octanol–water partition coefficient (Wildman–Crippen LogP) is 1.54. The zero-order valence-corrected chi connectivity index (χ0v) is 18.1. The van der Waals surface area contributed by atoms with Crippen LogP contribution < -0.4 is 16.6 Å². The first-order valence-corrected chi connectivity index (χ1v) is 10.2. The average Bonchev–Trinajstić information content (AvgIpc) is 2.77. The van der Waals surface area contributed by atoms with Gasteiger partial charge in [-0.25, -0.2) is 4.39 Å². The number of halogens is 1. The summed E-state index contributed by atoms with van der Waals surface area (Å²) in [4.78, 5) is 30.1. The second-order valence-corrected chi connectivity index (χ2v) is 8.49. The van der Waals surface area contributed by atoms with Gasteiger partial charge in [0.15, 0.2) is 5.75 Å². The van der Waals surface area contributed by atoms with Gasteiger partial charge in [-0.1, -0.05) is 26.0 Å². The van der Waals surface area contributed by atoms with Gasteiger partial charge < -0.3 is 25.8 Å². The van der Waals surface area contributed by atoms with Gasteiger partial charge in [-0.15, -0.1) is 0 Å². The molecule has 0 bridgehead atoms. The van der Waals surface area contributed by atoms with E-state index in [-0.39, 0.29) is 37.6 Å². The minimum atomic E-state index is -0.751. The number of fused-ring (bicyclic) bond motifs is 1. The molecule has 3 aromatic rings. The Morgan fingerprint density at radius 3 is 2.56 bits per heavy atom. The SMILES string of the molecule is CC(C)(CO)CNC(=O)c1c(O)c2ncc(Cc3ccc(F)cc3)cc2n(CCN)c1=O. The second-order valence-electron chi connectivity index (χ2n) is 8.49. The number of nitrogens with zero attached hydrogens (tertiary/aromatic N) is 2. The summed E-state index contributed by atoms with van der Waals surface area (Å²) in [7, 11) is 0. The number of aromatic nitrogens is 2. The highest BCUT2D eigenvalue weighted by molar-refractivity contribution is 6.01. The number of aromatic hydroxyl groups is 1. The molecule has 170 valence electrons. The van der Waals surface area contributed by atoms with Gasteiger partial charge in [0.1, 0.15) is 16.9 Å². The molecule has 0 fully saturated rings. The van der Waals surface area contributed by atoms with E-state index in [2.05, 4.69) is 10.3 Å². The van der Waals surface area contributed by atoms with Crippen LogP contribution in [-0.4, -0.2) is 45.4 Å². The molecule has 2 aromatic heterocycles. The fourth-order valence-electron chi connectivity index (χ4n) is 3.30. The van der Waals surface area contributed by atoms with Crippen molar-refractivity contribution < 1.29 is 19.4 Å². The Hall–Kier alpha value is -3.30. The summed E-state index contributed by atoms with van der Waals surface area (Å²) in [6.45, 7) is 3.72. The number of nitrogens with one attached hydrogen (secondary N) is 1. The Balaban J connectivity index is 2.05. The number of aliphatic hydroxyl groups is 1. The van der Waals surface area contributed by atoms with Crippen molar-refractivity contribution in [2.75, 3.05) is 19.7 Å². The average molecular weight is 442 g/mol. The first-order valence-electron chi connectivity index (χ1n) is 10.2. The van der Waals surface area contributed by atoms with E-state index in [0.29, 0.717) is 11.9 Å². The maximum Gasteiger partial charge on any atom is 0.267 e. The Bertz CT molecular complexity index is 1190. The molecule has 0 radical (unpaired) electrons. The van der Waals surface area contributed by atoms with Crippen LogP contribution in [0, 0.1) is 11.2 Å². The third-order valence-electron chi connectivity index (χ3n) is 5.19. The number of hydrogen-bond donors (Lipinski definition) is 4. The molecule has 0 saturated heterocycles. The molecule has 0 aliphatic heterocycles. The van der Waals surface area contributed by atoms with Crippen LogP contribution in [0.2, 0.25) is 0 Å². The molecule has 0 saturated carbocycles. The number of hydrogen-bond acceptors (Lipinski definition) is 6. The number of nitrogens with two attached hydrogens (primary N) is 1. The van der Waals surface area contributed by atoms with Crippen LogP contribution >= 0.6 is 0 Å². The lowest BCUT2D eigenvalue weighted by Crippen LogP contribution is -2.39. The van der Waals surface area contributed by atoms with E-state index in [1.807, 2.05) is 0 Å². The van der Waals surface area contributed by atoms with E-state index in [1.165, 1.54) is 16.7 Å². The van der Waals surface area contributed by atoms with Crippen LogP contribution in [0.5, 0.6) is 5.75 Å². The summed E-state index contributed by atoms with van der Waals surface area (Å²) in [5.74, 6) is -1.59. The largest absolute Gasteiger partial charge is 0.505 e. The van der Waals surface area contributed by atoms with Gasteiger partial charge in [0.2, 0.25) is 0 Å². The second kappa shape index (κ2) is 9.46. The molecule has 0 atom stereocenters. The zero-order chi connectivity index (χ0) is 23.5. The first-order chi connectivity index (χ1) is 15.2. The predicted molar refractivity (Wildman–Crippen MR) is 119 cm³/mol. The third-order valence-corrected chi connectivity index (χ3v) is 5.19. The molecule has 0 unspecified atom stereocenters. The minimum Gasteiger partial charge on any atom is -0.505 e. The van der Waals surface area contributed by atoms with Gasteiger partial charge in [0.25, 0.3) is 11.5 Å². The van der Waals surface area contributed by atoms with Gasteiger partial charge in [-0.2, -0.15) is 0 Å². The number of carbonyl (C=O) groups excluding carboxylic acids is 1. The minimum absolute atomic E-state index is 0.104. The highest BCUT2D eigenvalue weighted by Gasteiger charge is 2.25. The quantitative estimate of drug-likeness (QED) is 0.419. The highest BCUT2D eigenvalue weighted by Crippen LogP contribution is 2.26. The lowest BCUT2D eigenvalue weighted by molar-refractivity contribution is 0.0906. The van der Waals surface area contributed by atoms with E-state index in [4.69, 9.17) is 5.73 Å². The molecule has 0 aliphatic carbocycles. The van der Waals surface area contributed by atoms with Gasteiger partial charge in [-0.05, 0) is 35.7 Å². The number of pyridine rings is 2. The van der Waals surface area contributed by atoms with Crippen molar-refractivity contribution in [2.24, 2.45) is 11.1 Å². The number of amides is 1. The summed E-state index contributed by atoms with van der Waals surface area (Å²) >= 11 is 0.